The van der Waals surface area contributed by atoms with Crippen LogP contribution in [0.5, 0.6) is 0 Å². The molecule has 0 aromatic heterocycles. The Kier molecular flexibility index (Phi) is 6.89. The van der Waals surface area contributed by atoms with Crippen molar-refractivity contribution >= 4 is 5.91 Å². The Balaban J connectivity index is 1.83. The molecule has 32 heavy (non-hydrogen) atoms. The second-order valence-electron chi connectivity index (χ2n) is 8.64. The second kappa shape index (κ2) is 9.29. The number of nitrogens with one attached hydrogen (secondary N) is 2. The topological polar surface area (TPSA) is 64.9 Å². The first kappa shape index (κ1) is 23.7. The average Bonchev–Trinajstić information content (AvgIpc) is 3.50. The molecule has 4 nitrogen and oxygen atoms in total. The van der Waals surface area contributed by atoms with Gasteiger partial charge in [-0.05, 0) is 54.0 Å². The number of amides is 1. The van der Waals surface area contributed by atoms with Crippen molar-refractivity contribution in [2.75, 3.05) is 0 Å². The van der Waals surface area contributed by atoms with Crippen LogP contribution in [0.1, 0.15) is 44.7 Å². The molecule has 3 rings (SSSR count). The monoisotopic (exact) mass is 447 g/mol. The van der Waals surface area contributed by atoms with Crippen LogP contribution < -0.4 is 10.6 Å². The molecular formula is C24H25F4N3O. The number of benzene rings is 2. The molecule has 0 saturated heterocycles. The molecule has 0 bridgehead atoms. The molecule has 0 unspecified atom stereocenters. The molecule has 2 atom stereocenters. The van der Waals surface area contributed by atoms with E-state index in [-0.39, 0.29) is 17.9 Å². The predicted octanol–water partition coefficient (Wildman–Crippen LogP) is 5.27. The van der Waals surface area contributed by atoms with E-state index < -0.39 is 35.5 Å². The van der Waals surface area contributed by atoms with Gasteiger partial charge in [-0.25, -0.2) is 4.39 Å². The summed E-state index contributed by atoms with van der Waals surface area (Å²) in [6, 6.07) is 10.3. The lowest BCUT2D eigenvalue weighted by molar-refractivity contribution is -0.161. The molecule has 2 aromatic carbocycles. The molecule has 0 heterocycles. The van der Waals surface area contributed by atoms with Crippen molar-refractivity contribution < 1.29 is 22.4 Å². The lowest BCUT2D eigenvalue weighted by Crippen LogP contribution is -2.52. The van der Waals surface area contributed by atoms with Gasteiger partial charge >= 0.3 is 6.18 Å². The fourth-order valence-electron chi connectivity index (χ4n) is 3.53. The molecule has 2 aromatic rings. The van der Waals surface area contributed by atoms with Gasteiger partial charge in [-0.15, -0.1) is 0 Å². The Morgan fingerprint density at radius 2 is 1.59 bits per heavy atom. The lowest BCUT2D eigenvalue weighted by atomic mass is 9.97. The summed E-state index contributed by atoms with van der Waals surface area (Å²) in [5.41, 5.74) is 0.332. The molecule has 8 heteroatoms. The maximum absolute atomic E-state index is 14.0. The standard InChI is InChI=1S/C24H25F4N3O/c1-15(2)13-20(22(32)31-23(14-29)11-12-23)30-21(24(26,27)28)18-5-3-16(4-6-18)17-7-9-19(25)10-8-17/h3-10,15,20-21,30H,11-13H2,1-2H3,(H,31,32)/t20-,21-/m0/s1. The van der Waals surface area contributed by atoms with Gasteiger partial charge < -0.3 is 5.32 Å². The molecule has 1 aliphatic rings. The van der Waals surface area contributed by atoms with Crippen LogP contribution in [0.15, 0.2) is 48.5 Å². The maximum Gasteiger partial charge on any atom is 0.407 e. The SMILES string of the molecule is CC(C)C[C@H](N[C@@H](c1ccc(-c2ccc(F)cc2)cc1)C(F)(F)F)C(=O)NC1(C#N)CC1. The van der Waals surface area contributed by atoms with E-state index in [1.807, 2.05) is 19.9 Å². The first-order valence-corrected chi connectivity index (χ1v) is 10.4. The minimum absolute atomic E-state index is 0.0358. The molecule has 1 amide bonds. The molecule has 1 saturated carbocycles. The highest BCUT2D eigenvalue weighted by atomic mass is 19.4. The first-order valence-electron chi connectivity index (χ1n) is 10.4. The number of nitrogens with zero attached hydrogens (tertiary/aromatic N) is 1. The fraction of sp³-hybridized carbons (Fsp3) is 0.417. The van der Waals surface area contributed by atoms with Crippen LogP contribution in [0.4, 0.5) is 17.6 Å². The Morgan fingerprint density at radius 1 is 1.06 bits per heavy atom. The number of carbonyl (C=O) groups excluding carboxylic acids is 1. The minimum atomic E-state index is -4.64. The quantitative estimate of drug-likeness (QED) is 0.542. The van der Waals surface area contributed by atoms with Crippen molar-refractivity contribution in [3.63, 3.8) is 0 Å². The van der Waals surface area contributed by atoms with Crippen LogP contribution in [0.2, 0.25) is 0 Å². The van der Waals surface area contributed by atoms with Crippen LogP contribution >= 0.6 is 0 Å². The predicted molar refractivity (Wildman–Crippen MR) is 113 cm³/mol. The van der Waals surface area contributed by atoms with Gasteiger partial charge in [0.15, 0.2) is 0 Å². The van der Waals surface area contributed by atoms with Crippen molar-refractivity contribution in [1.82, 2.24) is 10.6 Å². The highest BCUT2D eigenvalue weighted by Gasteiger charge is 2.47. The molecule has 170 valence electrons. The number of carbonyl (C=O) groups is 1. The molecule has 2 N–H and O–H groups in total. The highest BCUT2D eigenvalue weighted by molar-refractivity contribution is 5.83. The number of rotatable bonds is 8. The molecule has 0 radical (unpaired) electrons. The smallest absolute Gasteiger partial charge is 0.336 e. The Labute approximate surface area is 184 Å². The Morgan fingerprint density at radius 3 is 2.03 bits per heavy atom. The number of alkyl halides is 3. The van der Waals surface area contributed by atoms with E-state index in [9.17, 15) is 27.6 Å². The number of nitriles is 1. The van der Waals surface area contributed by atoms with Crippen LogP contribution in [0.25, 0.3) is 11.1 Å². The van der Waals surface area contributed by atoms with Gasteiger partial charge in [-0.3, -0.25) is 10.1 Å². The van der Waals surface area contributed by atoms with E-state index in [0.29, 0.717) is 24.0 Å². The van der Waals surface area contributed by atoms with E-state index in [1.54, 1.807) is 12.1 Å². The third-order valence-electron chi connectivity index (χ3n) is 5.47. The van der Waals surface area contributed by atoms with E-state index in [1.165, 1.54) is 36.4 Å². The third kappa shape index (κ3) is 5.86. The number of hydrogen-bond donors (Lipinski definition) is 2. The first-order chi connectivity index (χ1) is 15.0. The zero-order valence-corrected chi connectivity index (χ0v) is 17.8. The van der Waals surface area contributed by atoms with Gasteiger partial charge in [-0.2, -0.15) is 18.4 Å². The van der Waals surface area contributed by atoms with E-state index in [4.69, 9.17) is 0 Å². The summed E-state index contributed by atoms with van der Waals surface area (Å²) < 4.78 is 55.0. The zero-order valence-electron chi connectivity index (χ0n) is 17.8. The fourth-order valence-corrected chi connectivity index (χ4v) is 3.53. The second-order valence-corrected chi connectivity index (χ2v) is 8.64. The van der Waals surface area contributed by atoms with Crippen LogP contribution in [0, 0.1) is 23.1 Å². The Bertz CT molecular complexity index is 974. The van der Waals surface area contributed by atoms with E-state index in [2.05, 4.69) is 10.6 Å². The van der Waals surface area contributed by atoms with Gasteiger partial charge in [0.2, 0.25) is 5.91 Å². The van der Waals surface area contributed by atoms with Gasteiger partial charge in [0, 0.05) is 0 Å². The van der Waals surface area contributed by atoms with Crippen molar-refractivity contribution in [3.05, 3.63) is 59.9 Å². The normalized spacial score (nSPS) is 16.8. The van der Waals surface area contributed by atoms with E-state index in [0.717, 1.165) is 0 Å². The van der Waals surface area contributed by atoms with Crippen LogP contribution in [-0.2, 0) is 4.79 Å². The van der Waals surface area contributed by atoms with Crippen molar-refractivity contribution in [1.29, 1.82) is 5.26 Å². The van der Waals surface area contributed by atoms with Gasteiger partial charge in [0.25, 0.3) is 0 Å². The average molecular weight is 447 g/mol. The summed E-state index contributed by atoms with van der Waals surface area (Å²) in [6.45, 7) is 3.64. The molecule has 1 fully saturated rings. The van der Waals surface area contributed by atoms with Gasteiger partial charge in [0.05, 0.1) is 12.1 Å². The minimum Gasteiger partial charge on any atom is -0.336 e. The largest absolute Gasteiger partial charge is 0.407 e. The number of hydrogen-bond acceptors (Lipinski definition) is 3. The van der Waals surface area contributed by atoms with Crippen LogP contribution in [-0.4, -0.2) is 23.7 Å². The van der Waals surface area contributed by atoms with Crippen molar-refractivity contribution in [2.24, 2.45) is 5.92 Å². The molecular weight excluding hydrogens is 422 g/mol. The molecule has 0 aliphatic heterocycles. The van der Waals surface area contributed by atoms with Crippen LogP contribution in [0.3, 0.4) is 0 Å². The summed E-state index contributed by atoms with van der Waals surface area (Å²) in [4.78, 5) is 12.7. The molecule has 1 aliphatic carbocycles. The summed E-state index contributed by atoms with van der Waals surface area (Å²) >= 11 is 0. The molecule has 0 spiro atoms. The summed E-state index contributed by atoms with van der Waals surface area (Å²) in [5, 5.41) is 14.3. The van der Waals surface area contributed by atoms with E-state index >= 15 is 0 Å². The Hall–Kier alpha value is -2.92. The summed E-state index contributed by atoms with van der Waals surface area (Å²) in [6.07, 6.45) is -3.46. The highest BCUT2D eigenvalue weighted by Crippen LogP contribution is 2.36. The summed E-state index contributed by atoms with van der Waals surface area (Å²) in [7, 11) is 0. The van der Waals surface area contributed by atoms with Gasteiger partial charge in [0.1, 0.15) is 17.4 Å². The van der Waals surface area contributed by atoms with Crippen molar-refractivity contribution in [2.45, 2.75) is 56.9 Å². The summed E-state index contributed by atoms with van der Waals surface area (Å²) in [5.74, 6) is -1.04. The van der Waals surface area contributed by atoms with Crippen molar-refractivity contribution in [3.8, 4) is 17.2 Å². The number of halogens is 4. The zero-order chi connectivity index (χ0) is 23.5. The maximum atomic E-state index is 14.0. The third-order valence-corrected chi connectivity index (χ3v) is 5.47. The lowest BCUT2D eigenvalue weighted by Gasteiger charge is -2.29. The van der Waals surface area contributed by atoms with Gasteiger partial charge in [-0.1, -0.05) is 50.2 Å².